The second-order valence-electron chi connectivity index (χ2n) is 4.18. The van der Waals surface area contributed by atoms with E-state index in [0.717, 1.165) is 13.0 Å². The SMILES string of the molecule is CNC1CCOCC1c1nc(-c2cn[nH]n2)no1. The van der Waals surface area contributed by atoms with Crippen LogP contribution in [0.2, 0.25) is 0 Å². The van der Waals surface area contributed by atoms with Crippen molar-refractivity contribution in [3.63, 3.8) is 0 Å². The highest BCUT2D eigenvalue weighted by molar-refractivity contribution is 5.44. The van der Waals surface area contributed by atoms with Gasteiger partial charge >= 0.3 is 0 Å². The number of nitrogens with zero attached hydrogens (tertiary/aromatic N) is 4. The van der Waals surface area contributed by atoms with Crippen LogP contribution < -0.4 is 5.32 Å². The van der Waals surface area contributed by atoms with Gasteiger partial charge in [0.1, 0.15) is 0 Å². The molecule has 0 amide bonds. The molecular formula is C10H14N6O2. The summed E-state index contributed by atoms with van der Waals surface area (Å²) in [5.74, 6) is 1.10. The minimum Gasteiger partial charge on any atom is -0.381 e. The molecule has 0 bridgehead atoms. The number of H-pyrrole nitrogens is 1. The average Bonchev–Trinajstić information content (AvgIpc) is 3.09. The van der Waals surface area contributed by atoms with Crippen LogP contribution in [0.15, 0.2) is 10.7 Å². The summed E-state index contributed by atoms with van der Waals surface area (Å²) in [6.45, 7) is 1.35. The number of aromatic amines is 1. The summed E-state index contributed by atoms with van der Waals surface area (Å²) in [5, 5.41) is 17.3. The molecule has 1 fully saturated rings. The van der Waals surface area contributed by atoms with Crippen molar-refractivity contribution >= 4 is 0 Å². The molecule has 0 spiro atoms. The number of rotatable bonds is 3. The predicted molar refractivity (Wildman–Crippen MR) is 60.7 cm³/mol. The monoisotopic (exact) mass is 250 g/mol. The third-order valence-electron chi connectivity index (χ3n) is 3.13. The Morgan fingerprint density at radius 1 is 1.50 bits per heavy atom. The van der Waals surface area contributed by atoms with Gasteiger partial charge in [0, 0.05) is 12.6 Å². The second kappa shape index (κ2) is 4.83. The lowest BCUT2D eigenvalue weighted by Gasteiger charge is -2.28. The first-order valence-electron chi connectivity index (χ1n) is 5.83. The Kier molecular flexibility index (Phi) is 3.03. The highest BCUT2D eigenvalue weighted by Crippen LogP contribution is 2.25. The largest absolute Gasteiger partial charge is 0.381 e. The fourth-order valence-corrected chi connectivity index (χ4v) is 2.13. The summed E-state index contributed by atoms with van der Waals surface area (Å²) in [7, 11) is 1.93. The van der Waals surface area contributed by atoms with Gasteiger partial charge in [0.2, 0.25) is 11.7 Å². The molecule has 1 aliphatic rings. The third kappa shape index (κ3) is 2.00. The van der Waals surface area contributed by atoms with Gasteiger partial charge in [-0.05, 0) is 13.5 Å². The van der Waals surface area contributed by atoms with Crippen LogP contribution in [0.1, 0.15) is 18.2 Å². The van der Waals surface area contributed by atoms with Crippen molar-refractivity contribution < 1.29 is 9.26 Å². The van der Waals surface area contributed by atoms with Crippen LogP contribution in [0, 0.1) is 0 Å². The molecule has 3 rings (SSSR count). The summed E-state index contributed by atoms with van der Waals surface area (Å²) in [6, 6.07) is 0.296. The lowest BCUT2D eigenvalue weighted by Crippen LogP contribution is -2.39. The van der Waals surface area contributed by atoms with E-state index >= 15 is 0 Å². The molecule has 8 nitrogen and oxygen atoms in total. The van der Waals surface area contributed by atoms with Crippen molar-refractivity contribution in [2.45, 2.75) is 18.4 Å². The van der Waals surface area contributed by atoms with E-state index in [1.54, 1.807) is 6.20 Å². The molecule has 8 heteroatoms. The van der Waals surface area contributed by atoms with Crippen molar-refractivity contribution in [3.05, 3.63) is 12.1 Å². The van der Waals surface area contributed by atoms with Crippen LogP contribution in [0.5, 0.6) is 0 Å². The maximum atomic E-state index is 5.47. The highest BCUT2D eigenvalue weighted by Gasteiger charge is 2.31. The van der Waals surface area contributed by atoms with E-state index in [2.05, 4.69) is 30.9 Å². The predicted octanol–water partition coefficient (Wildman–Crippen LogP) is -0.0534. The molecule has 2 atom stereocenters. The average molecular weight is 250 g/mol. The van der Waals surface area contributed by atoms with Crippen LogP contribution in [0.25, 0.3) is 11.5 Å². The van der Waals surface area contributed by atoms with Crippen LogP contribution in [0.3, 0.4) is 0 Å². The van der Waals surface area contributed by atoms with Crippen molar-refractivity contribution in [3.8, 4) is 11.5 Å². The van der Waals surface area contributed by atoms with Crippen LogP contribution >= 0.6 is 0 Å². The zero-order valence-electron chi connectivity index (χ0n) is 9.96. The lowest BCUT2D eigenvalue weighted by molar-refractivity contribution is 0.0516. The number of ether oxygens (including phenoxy) is 1. The van der Waals surface area contributed by atoms with Gasteiger partial charge in [-0.3, -0.25) is 0 Å². The number of nitrogens with one attached hydrogen (secondary N) is 2. The molecule has 0 aliphatic carbocycles. The fourth-order valence-electron chi connectivity index (χ4n) is 2.13. The Bertz CT molecular complexity index is 496. The maximum absolute atomic E-state index is 5.47. The standard InChI is InChI=1S/C10H14N6O2/c1-11-7-2-3-17-5-6(7)10-13-9(15-18-10)8-4-12-16-14-8/h4,6-7,11H,2-3,5H2,1H3,(H,12,14,16). The van der Waals surface area contributed by atoms with E-state index in [-0.39, 0.29) is 5.92 Å². The van der Waals surface area contributed by atoms with Crippen LogP contribution in [-0.4, -0.2) is 51.9 Å². The first kappa shape index (κ1) is 11.3. The Balaban J connectivity index is 1.84. The van der Waals surface area contributed by atoms with E-state index in [9.17, 15) is 0 Å². The second-order valence-corrected chi connectivity index (χ2v) is 4.18. The molecule has 3 heterocycles. The summed E-state index contributed by atoms with van der Waals surface area (Å²) in [4.78, 5) is 4.35. The Morgan fingerprint density at radius 2 is 2.44 bits per heavy atom. The molecule has 96 valence electrons. The Hall–Kier alpha value is -1.80. The number of likely N-dealkylation sites (N-methyl/N-ethyl adjacent to an activating group) is 1. The fraction of sp³-hybridized carbons (Fsp3) is 0.600. The van der Waals surface area contributed by atoms with E-state index in [4.69, 9.17) is 9.26 Å². The molecule has 1 saturated heterocycles. The van der Waals surface area contributed by atoms with Gasteiger partial charge in [-0.15, -0.1) is 0 Å². The van der Waals surface area contributed by atoms with Crippen molar-refractivity contribution in [1.29, 1.82) is 0 Å². The molecular weight excluding hydrogens is 236 g/mol. The molecule has 2 unspecified atom stereocenters. The summed E-state index contributed by atoms with van der Waals surface area (Å²) in [6.07, 6.45) is 2.49. The summed E-state index contributed by atoms with van der Waals surface area (Å²) >= 11 is 0. The quantitative estimate of drug-likeness (QED) is 0.787. The topological polar surface area (TPSA) is 102 Å². The molecule has 2 aromatic heterocycles. The van der Waals surface area contributed by atoms with Crippen molar-refractivity contribution in [2.75, 3.05) is 20.3 Å². The molecule has 2 aromatic rings. The maximum Gasteiger partial charge on any atom is 0.234 e. The van der Waals surface area contributed by atoms with Crippen LogP contribution in [-0.2, 0) is 4.74 Å². The van der Waals surface area contributed by atoms with Gasteiger partial charge in [0.05, 0.1) is 18.7 Å². The minimum atomic E-state index is 0.0805. The zero-order valence-corrected chi connectivity index (χ0v) is 9.96. The smallest absolute Gasteiger partial charge is 0.234 e. The molecule has 0 radical (unpaired) electrons. The molecule has 0 saturated carbocycles. The number of aromatic nitrogens is 5. The van der Waals surface area contributed by atoms with Gasteiger partial charge in [0.15, 0.2) is 5.69 Å². The Morgan fingerprint density at radius 3 is 3.22 bits per heavy atom. The first-order chi connectivity index (χ1) is 8.88. The third-order valence-corrected chi connectivity index (χ3v) is 3.13. The zero-order chi connectivity index (χ0) is 12.4. The first-order valence-corrected chi connectivity index (χ1v) is 5.83. The van der Waals surface area contributed by atoms with E-state index < -0.39 is 0 Å². The lowest BCUT2D eigenvalue weighted by atomic mass is 9.96. The van der Waals surface area contributed by atoms with E-state index in [0.29, 0.717) is 30.1 Å². The molecule has 18 heavy (non-hydrogen) atoms. The van der Waals surface area contributed by atoms with Crippen molar-refractivity contribution in [2.24, 2.45) is 0 Å². The molecule has 2 N–H and O–H groups in total. The van der Waals surface area contributed by atoms with Gasteiger partial charge in [0.25, 0.3) is 0 Å². The van der Waals surface area contributed by atoms with Crippen LogP contribution in [0.4, 0.5) is 0 Å². The number of hydrogen-bond donors (Lipinski definition) is 2. The van der Waals surface area contributed by atoms with Gasteiger partial charge in [-0.1, -0.05) is 5.16 Å². The Labute approximate surface area is 103 Å². The van der Waals surface area contributed by atoms with Gasteiger partial charge < -0.3 is 14.6 Å². The minimum absolute atomic E-state index is 0.0805. The molecule has 0 aromatic carbocycles. The van der Waals surface area contributed by atoms with Crippen molar-refractivity contribution in [1.82, 2.24) is 30.9 Å². The van der Waals surface area contributed by atoms with Gasteiger partial charge in [-0.25, -0.2) is 0 Å². The normalized spacial score (nSPS) is 24.3. The number of hydrogen-bond acceptors (Lipinski definition) is 7. The van der Waals surface area contributed by atoms with Gasteiger partial charge in [-0.2, -0.15) is 20.4 Å². The highest BCUT2D eigenvalue weighted by atomic mass is 16.5. The summed E-state index contributed by atoms with van der Waals surface area (Å²) < 4.78 is 10.8. The molecule has 1 aliphatic heterocycles. The van der Waals surface area contributed by atoms with E-state index in [1.807, 2.05) is 7.05 Å². The summed E-state index contributed by atoms with van der Waals surface area (Å²) in [5.41, 5.74) is 0.572. The van der Waals surface area contributed by atoms with E-state index in [1.165, 1.54) is 0 Å².